The van der Waals surface area contributed by atoms with E-state index in [2.05, 4.69) is 59.3 Å². The van der Waals surface area contributed by atoms with Gasteiger partial charge in [-0.15, -0.1) is 0 Å². The van der Waals surface area contributed by atoms with Gasteiger partial charge in [0, 0.05) is 7.05 Å². The molecule has 0 radical (unpaired) electrons. The molecule has 3 nitrogen and oxygen atoms in total. The molecule has 0 saturated carbocycles. The van der Waals surface area contributed by atoms with Crippen LogP contribution in [0.5, 0.6) is 0 Å². The predicted molar refractivity (Wildman–Crippen MR) is 89.2 cm³/mol. The summed E-state index contributed by atoms with van der Waals surface area (Å²) in [5.41, 5.74) is 2.45. The SMILES string of the molecule is CC(C)Cc1ccc(CC(=O)N(C)CC[N+](C)(C)C)cc1.[I-]. The van der Waals surface area contributed by atoms with E-state index in [1.807, 2.05) is 11.9 Å². The van der Waals surface area contributed by atoms with Crippen LogP contribution in [0.3, 0.4) is 0 Å². The van der Waals surface area contributed by atoms with Gasteiger partial charge < -0.3 is 33.4 Å². The molecule has 0 unspecified atom stereocenters. The molecule has 1 amide bonds. The van der Waals surface area contributed by atoms with Crippen molar-refractivity contribution >= 4 is 5.91 Å². The molecule has 0 heterocycles. The molecule has 22 heavy (non-hydrogen) atoms. The maximum Gasteiger partial charge on any atom is 0.226 e. The molecule has 0 spiro atoms. The van der Waals surface area contributed by atoms with Crippen molar-refractivity contribution in [1.29, 1.82) is 0 Å². The number of hydrogen-bond donors (Lipinski definition) is 0. The highest BCUT2D eigenvalue weighted by Crippen LogP contribution is 2.11. The fourth-order valence-corrected chi connectivity index (χ4v) is 2.15. The van der Waals surface area contributed by atoms with Crippen molar-refractivity contribution in [3.63, 3.8) is 0 Å². The predicted octanol–water partition coefficient (Wildman–Crippen LogP) is -0.404. The highest BCUT2D eigenvalue weighted by Gasteiger charge is 2.14. The number of amides is 1. The highest BCUT2D eigenvalue weighted by atomic mass is 127. The Bertz CT molecular complexity index is 449. The zero-order valence-corrected chi connectivity index (χ0v) is 17.1. The van der Waals surface area contributed by atoms with Crippen LogP contribution in [0.15, 0.2) is 24.3 Å². The third kappa shape index (κ3) is 8.73. The average Bonchev–Trinajstić information content (AvgIpc) is 2.36. The third-order valence-electron chi connectivity index (χ3n) is 3.55. The molecule has 1 rings (SSSR count). The van der Waals surface area contributed by atoms with E-state index in [0.717, 1.165) is 29.6 Å². The lowest BCUT2D eigenvalue weighted by Gasteiger charge is -2.27. The van der Waals surface area contributed by atoms with Crippen LogP contribution in [0.4, 0.5) is 0 Å². The van der Waals surface area contributed by atoms with E-state index in [0.29, 0.717) is 12.3 Å². The minimum absolute atomic E-state index is 0. The monoisotopic (exact) mass is 418 g/mol. The maximum absolute atomic E-state index is 12.2. The van der Waals surface area contributed by atoms with Gasteiger partial charge in [0.2, 0.25) is 5.91 Å². The van der Waals surface area contributed by atoms with Gasteiger partial charge in [0.1, 0.15) is 0 Å². The second kappa shape index (κ2) is 9.50. The molecule has 0 aromatic heterocycles. The van der Waals surface area contributed by atoms with Crippen LogP contribution in [-0.2, 0) is 17.6 Å². The summed E-state index contributed by atoms with van der Waals surface area (Å²) < 4.78 is 0.877. The molecule has 0 aliphatic carbocycles. The Morgan fingerprint density at radius 3 is 2.05 bits per heavy atom. The van der Waals surface area contributed by atoms with E-state index >= 15 is 0 Å². The van der Waals surface area contributed by atoms with Gasteiger partial charge >= 0.3 is 0 Å². The molecule has 0 aliphatic heterocycles. The molecule has 0 saturated heterocycles. The Hall–Kier alpha value is -0.620. The maximum atomic E-state index is 12.2. The van der Waals surface area contributed by atoms with Crippen molar-refractivity contribution in [2.75, 3.05) is 41.3 Å². The highest BCUT2D eigenvalue weighted by molar-refractivity contribution is 5.78. The van der Waals surface area contributed by atoms with Crippen LogP contribution >= 0.6 is 0 Å². The first-order chi connectivity index (χ1) is 9.67. The van der Waals surface area contributed by atoms with E-state index in [-0.39, 0.29) is 29.9 Å². The lowest BCUT2D eigenvalue weighted by molar-refractivity contribution is -0.869. The lowest BCUT2D eigenvalue weighted by atomic mass is 10.0. The number of nitrogens with zero attached hydrogens (tertiary/aromatic N) is 2. The summed E-state index contributed by atoms with van der Waals surface area (Å²) in [6.45, 7) is 6.21. The minimum Gasteiger partial charge on any atom is -1.00 e. The first-order valence-corrected chi connectivity index (χ1v) is 7.79. The van der Waals surface area contributed by atoms with Gasteiger partial charge in [-0.25, -0.2) is 0 Å². The molecule has 0 N–H and O–H groups in total. The fraction of sp³-hybridized carbons (Fsp3) is 0.611. The smallest absolute Gasteiger partial charge is 0.226 e. The number of carbonyl (C=O) groups is 1. The Labute approximate surface area is 153 Å². The molecule has 1 aromatic carbocycles. The molecule has 0 fully saturated rings. The van der Waals surface area contributed by atoms with E-state index < -0.39 is 0 Å². The fourth-order valence-electron chi connectivity index (χ4n) is 2.15. The van der Waals surface area contributed by atoms with Gasteiger partial charge in [0.15, 0.2) is 0 Å². The van der Waals surface area contributed by atoms with Gasteiger partial charge in [0.05, 0.1) is 40.7 Å². The van der Waals surface area contributed by atoms with E-state index in [1.54, 1.807) is 0 Å². The van der Waals surface area contributed by atoms with Crippen LogP contribution in [-0.4, -0.2) is 56.6 Å². The molecular formula is C18H31IN2O. The van der Waals surface area contributed by atoms with Gasteiger partial charge in [-0.1, -0.05) is 38.1 Å². The third-order valence-corrected chi connectivity index (χ3v) is 3.55. The van der Waals surface area contributed by atoms with Crippen LogP contribution in [0, 0.1) is 5.92 Å². The summed E-state index contributed by atoms with van der Waals surface area (Å²) in [5, 5.41) is 0. The summed E-state index contributed by atoms with van der Waals surface area (Å²) >= 11 is 0. The number of hydrogen-bond acceptors (Lipinski definition) is 1. The van der Waals surface area contributed by atoms with E-state index in [9.17, 15) is 4.79 Å². The Morgan fingerprint density at radius 2 is 1.59 bits per heavy atom. The number of halogens is 1. The quantitative estimate of drug-likeness (QED) is 0.436. The Balaban J connectivity index is 0.00000441. The molecule has 1 aromatic rings. The van der Waals surface area contributed by atoms with E-state index in [1.165, 1.54) is 5.56 Å². The number of rotatable bonds is 7. The van der Waals surface area contributed by atoms with Crippen LogP contribution in [0.1, 0.15) is 25.0 Å². The van der Waals surface area contributed by atoms with Gasteiger partial charge in [-0.3, -0.25) is 4.79 Å². The van der Waals surface area contributed by atoms with Crippen LogP contribution in [0.2, 0.25) is 0 Å². The van der Waals surface area contributed by atoms with Crippen molar-refractivity contribution in [3.8, 4) is 0 Å². The molecule has 4 heteroatoms. The zero-order chi connectivity index (χ0) is 16.0. The zero-order valence-electron chi connectivity index (χ0n) is 14.9. The minimum atomic E-state index is 0. The van der Waals surface area contributed by atoms with Gasteiger partial charge in [-0.2, -0.15) is 0 Å². The van der Waals surface area contributed by atoms with Gasteiger partial charge in [0.25, 0.3) is 0 Å². The largest absolute Gasteiger partial charge is 1.00 e. The molecule has 0 aliphatic rings. The number of quaternary nitrogens is 1. The normalized spacial score (nSPS) is 11.2. The average molecular weight is 418 g/mol. The van der Waals surface area contributed by atoms with Crippen LogP contribution in [0.25, 0.3) is 0 Å². The first-order valence-electron chi connectivity index (χ1n) is 7.79. The Morgan fingerprint density at radius 1 is 1.09 bits per heavy atom. The topological polar surface area (TPSA) is 20.3 Å². The summed E-state index contributed by atoms with van der Waals surface area (Å²) in [6, 6.07) is 8.47. The van der Waals surface area contributed by atoms with E-state index in [4.69, 9.17) is 0 Å². The van der Waals surface area contributed by atoms with Gasteiger partial charge in [-0.05, 0) is 23.5 Å². The molecule has 0 bridgehead atoms. The summed E-state index contributed by atoms with van der Waals surface area (Å²) in [6.07, 6.45) is 1.59. The molecule has 0 atom stereocenters. The van der Waals surface area contributed by atoms with Crippen molar-refractivity contribution in [2.24, 2.45) is 5.92 Å². The lowest BCUT2D eigenvalue weighted by Crippen LogP contribution is -3.00. The number of benzene rings is 1. The second-order valence-corrected chi connectivity index (χ2v) is 7.42. The Kier molecular flexibility index (Phi) is 9.24. The van der Waals surface area contributed by atoms with Crippen molar-refractivity contribution < 1.29 is 33.3 Å². The summed E-state index contributed by atoms with van der Waals surface area (Å²) in [4.78, 5) is 14.0. The van der Waals surface area contributed by atoms with Crippen molar-refractivity contribution in [3.05, 3.63) is 35.4 Å². The summed E-state index contributed by atoms with van der Waals surface area (Å²) in [5.74, 6) is 0.860. The van der Waals surface area contributed by atoms with Crippen molar-refractivity contribution in [1.82, 2.24) is 4.90 Å². The first kappa shape index (κ1) is 21.4. The second-order valence-electron chi connectivity index (χ2n) is 7.42. The molecular weight excluding hydrogens is 387 g/mol. The van der Waals surface area contributed by atoms with Crippen molar-refractivity contribution in [2.45, 2.75) is 26.7 Å². The summed E-state index contributed by atoms with van der Waals surface area (Å²) in [7, 11) is 8.33. The number of likely N-dealkylation sites (N-methyl/N-ethyl adjacent to an activating group) is 2. The standard InChI is InChI=1S/C18H31N2O.HI/c1-15(2)13-16-7-9-17(10-8-16)14-18(21)19(3)11-12-20(4,5)6;/h7-10,15H,11-14H2,1-6H3;1H/q+1;/p-1. The van der Waals surface area contributed by atoms with Crippen LogP contribution < -0.4 is 24.0 Å². The number of carbonyl (C=O) groups excluding carboxylic acids is 1. The molecule has 126 valence electrons.